The van der Waals surface area contributed by atoms with E-state index in [4.69, 9.17) is 14.2 Å². The molecule has 2 atom stereocenters. The molecule has 1 aliphatic rings. The topological polar surface area (TPSA) is 48.0 Å². The van der Waals surface area contributed by atoms with Gasteiger partial charge in [0, 0.05) is 7.11 Å². The Morgan fingerprint density at radius 2 is 2.05 bits per heavy atom. The van der Waals surface area contributed by atoms with E-state index in [0.717, 1.165) is 6.42 Å². The van der Waals surface area contributed by atoms with Gasteiger partial charge in [-0.15, -0.1) is 0 Å². The molecule has 112 valence electrons. The van der Waals surface area contributed by atoms with Gasteiger partial charge >= 0.3 is 6.09 Å². The van der Waals surface area contributed by atoms with Crippen LogP contribution < -0.4 is 0 Å². The zero-order chi connectivity index (χ0) is 14.8. The molecule has 1 saturated heterocycles. The van der Waals surface area contributed by atoms with E-state index in [1.165, 1.54) is 0 Å². The van der Waals surface area contributed by atoms with Gasteiger partial charge in [-0.2, -0.15) is 0 Å². The van der Waals surface area contributed by atoms with Crippen LogP contribution in [-0.4, -0.2) is 48.2 Å². The molecule has 2 unspecified atom stereocenters. The summed E-state index contributed by atoms with van der Waals surface area (Å²) in [5.41, 5.74) is -1.15. The van der Waals surface area contributed by atoms with Crippen molar-refractivity contribution in [3.05, 3.63) is 0 Å². The van der Waals surface area contributed by atoms with Crippen LogP contribution in [0.15, 0.2) is 0 Å². The maximum Gasteiger partial charge on any atom is 0.412 e. The van der Waals surface area contributed by atoms with Crippen LogP contribution in [0.3, 0.4) is 0 Å². The molecular formula is C14H27NO4. The Morgan fingerprint density at radius 1 is 1.47 bits per heavy atom. The van der Waals surface area contributed by atoms with Crippen LogP contribution in [-0.2, 0) is 14.2 Å². The molecule has 0 saturated carbocycles. The molecule has 0 radical (unpaired) electrons. The summed E-state index contributed by atoms with van der Waals surface area (Å²) in [6.07, 6.45) is 0.481. The van der Waals surface area contributed by atoms with E-state index < -0.39 is 11.3 Å². The standard InChI is InChI=1S/C14H27NO4/c1-10(17-7)8-11-9-18-14(5,6)15(11)12(16)19-13(2,3)4/h10-11H,8-9H2,1-7H3. The zero-order valence-corrected chi connectivity index (χ0v) is 13.1. The van der Waals surface area contributed by atoms with Gasteiger partial charge in [-0.05, 0) is 48.0 Å². The van der Waals surface area contributed by atoms with Gasteiger partial charge in [-0.1, -0.05) is 0 Å². The van der Waals surface area contributed by atoms with Gasteiger partial charge < -0.3 is 14.2 Å². The van der Waals surface area contributed by atoms with E-state index in [2.05, 4.69) is 0 Å². The van der Waals surface area contributed by atoms with Crippen LogP contribution in [0, 0.1) is 0 Å². The van der Waals surface area contributed by atoms with Crippen LogP contribution in [0.4, 0.5) is 4.79 Å². The van der Waals surface area contributed by atoms with Gasteiger partial charge in [-0.3, -0.25) is 4.90 Å². The molecule has 1 heterocycles. The fourth-order valence-electron chi connectivity index (χ4n) is 2.22. The SMILES string of the molecule is COC(C)CC1COC(C)(C)N1C(=O)OC(C)(C)C. The van der Waals surface area contributed by atoms with E-state index in [0.29, 0.717) is 6.61 Å². The molecule has 5 nitrogen and oxygen atoms in total. The van der Waals surface area contributed by atoms with Gasteiger partial charge in [0.2, 0.25) is 0 Å². The first-order chi connectivity index (χ1) is 8.57. The molecular weight excluding hydrogens is 246 g/mol. The lowest BCUT2D eigenvalue weighted by Gasteiger charge is -2.35. The third-order valence-corrected chi connectivity index (χ3v) is 3.17. The van der Waals surface area contributed by atoms with Crippen LogP contribution in [0.25, 0.3) is 0 Å². The van der Waals surface area contributed by atoms with Crippen molar-refractivity contribution in [2.75, 3.05) is 13.7 Å². The summed E-state index contributed by atoms with van der Waals surface area (Å²) in [6, 6.07) is -0.0141. The van der Waals surface area contributed by atoms with E-state index in [9.17, 15) is 4.79 Å². The van der Waals surface area contributed by atoms with Crippen molar-refractivity contribution in [3.8, 4) is 0 Å². The first kappa shape index (κ1) is 16.2. The van der Waals surface area contributed by atoms with Crippen molar-refractivity contribution in [2.24, 2.45) is 0 Å². The third-order valence-electron chi connectivity index (χ3n) is 3.17. The Hall–Kier alpha value is -0.810. The largest absolute Gasteiger partial charge is 0.444 e. The highest BCUT2D eigenvalue weighted by atomic mass is 16.6. The summed E-state index contributed by atoms with van der Waals surface area (Å²) >= 11 is 0. The minimum Gasteiger partial charge on any atom is -0.444 e. The molecule has 0 bridgehead atoms. The number of ether oxygens (including phenoxy) is 3. The highest BCUT2D eigenvalue weighted by Crippen LogP contribution is 2.31. The van der Waals surface area contributed by atoms with E-state index in [1.54, 1.807) is 12.0 Å². The minimum absolute atomic E-state index is 0.0141. The lowest BCUT2D eigenvalue weighted by molar-refractivity contribution is -0.0639. The van der Waals surface area contributed by atoms with Crippen LogP contribution in [0.1, 0.15) is 48.0 Å². The van der Waals surface area contributed by atoms with Crippen LogP contribution in [0.2, 0.25) is 0 Å². The number of amides is 1. The summed E-state index contributed by atoms with van der Waals surface area (Å²) in [7, 11) is 1.67. The summed E-state index contributed by atoms with van der Waals surface area (Å²) in [5.74, 6) is 0. The zero-order valence-electron chi connectivity index (χ0n) is 13.1. The lowest BCUT2D eigenvalue weighted by atomic mass is 10.1. The number of carbonyl (C=O) groups is 1. The Kier molecular flexibility index (Phi) is 4.85. The predicted molar refractivity (Wildman–Crippen MR) is 73.0 cm³/mol. The minimum atomic E-state index is -0.638. The smallest absolute Gasteiger partial charge is 0.412 e. The molecule has 0 aromatic carbocycles. The molecule has 0 aromatic heterocycles. The van der Waals surface area contributed by atoms with Crippen molar-refractivity contribution in [3.63, 3.8) is 0 Å². The number of methoxy groups -OCH3 is 1. The van der Waals surface area contributed by atoms with Crippen molar-refractivity contribution in [1.82, 2.24) is 4.90 Å². The highest BCUT2D eigenvalue weighted by molar-refractivity contribution is 5.69. The van der Waals surface area contributed by atoms with Crippen LogP contribution >= 0.6 is 0 Å². The van der Waals surface area contributed by atoms with E-state index >= 15 is 0 Å². The highest BCUT2D eigenvalue weighted by Gasteiger charge is 2.45. The van der Waals surface area contributed by atoms with Gasteiger partial charge in [0.25, 0.3) is 0 Å². The Balaban J connectivity index is 2.81. The molecule has 1 fully saturated rings. The lowest BCUT2D eigenvalue weighted by Crippen LogP contribution is -2.50. The van der Waals surface area contributed by atoms with Gasteiger partial charge in [0.1, 0.15) is 11.3 Å². The molecule has 5 heteroatoms. The Morgan fingerprint density at radius 3 is 2.53 bits per heavy atom. The Labute approximate surface area is 116 Å². The summed E-state index contributed by atoms with van der Waals surface area (Å²) in [6.45, 7) is 11.9. The number of nitrogens with zero attached hydrogens (tertiary/aromatic N) is 1. The monoisotopic (exact) mass is 273 g/mol. The first-order valence-electron chi connectivity index (χ1n) is 6.76. The quantitative estimate of drug-likeness (QED) is 0.793. The summed E-state index contributed by atoms with van der Waals surface area (Å²) in [5, 5.41) is 0. The average molecular weight is 273 g/mol. The van der Waals surface area contributed by atoms with Crippen molar-refractivity contribution >= 4 is 6.09 Å². The second-order valence-corrected chi connectivity index (χ2v) is 6.54. The number of hydrogen-bond acceptors (Lipinski definition) is 4. The molecule has 0 aliphatic carbocycles. The van der Waals surface area contributed by atoms with Gasteiger partial charge in [0.05, 0.1) is 18.8 Å². The fraction of sp³-hybridized carbons (Fsp3) is 0.929. The molecule has 0 N–H and O–H groups in total. The van der Waals surface area contributed by atoms with Crippen LogP contribution in [0.5, 0.6) is 0 Å². The molecule has 19 heavy (non-hydrogen) atoms. The van der Waals surface area contributed by atoms with Crippen molar-refractivity contribution < 1.29 is 19.0 Å². The number of carbonyl (C=O) groups excluding carboxylic acids is 1. The predicted octanol–water partition coefficient (Wildman–Crippen LogP) is 2.78. The maximum absolute atomic E-state index is 12.3. The van der Waals surface area contributed by atoms with E-state index in [1.807, 2.05) is 41.5 Å². The van der Waals surface area contributed by atoms with Crippen molar-refractivity contribution in [2.45, 2.75) is 71.4 Å². The van der Waals surface area contributed by atoms with Gasteiger partial charge in [-0.25, -0.2) is 4.79 Å². The molecule has 1 amide bonds. The molecule has 0 spiro atoms. The third kappa shape index (κ3) is 4.35. The van der Waals surface area contributed by atoms with Gasteiger partial charge in [0.15, 0.2) is 0 Å². The summed E-state index contributed by atoms with van der Waals surface area (Å²) in [4.78, 5) is 14.0. The first-order valence-corrected chi connectivity index (χ1v) is 6.76. The van der Waals surface area contributed by atoms with E-state index in [-0.39, 0.29) is 18.2 Å². The second-order valence-electron chi connectivity index (χ2n) is 6.54. The normalized spacial score (nSPS) is 24.4. The fourth-order valence-corrected chi connectivity index (χ4v) is 2.22. The molecule has 1 rings (SSSR count). The second kappa shape index (κ2) is 5.67. The molecule has 0 aromatic rings. The number of rotatable bonds is 3. The average Bonchev–Trinajstić information content (AvgIpc) is 2.51. The van der Waals surface area contributed by atoms with Crippen molar-refractivity contribution in [1.29, 1.82) is 0 Å². The Bertz CT molecular complexity index is 322. The number of hydrogen-bond donors (Lipinski definition) is 0. The summed E-state index contributed by atoms with van der Waals surface area (Å²) < 4.78 is 16.5. The maximum atomic E-state index is 12.3. The molecule has 1 aliphatic heterocycles.